The molecule has 0 radical (unpaired) electrons. The Labute approximate surface area is 158 Å². The van der Waals surface area contributed by atoms with Gasteiger partial charge in [-0.3, -0.25) is 4.79 Å². The number of hydrogen-bond donors (Lipinski definition) is 2. The lowest BCUT2D eigenvalue weighted by Gasteiger charge is -2.24. The molecule has 0 spiro atoms. The number of nitrogens with zero attached hydrogens (tertiary/aromatic N) is 3. The monoisotopic (exact) mass is 439 g/mol. The molecule has 0 bridgehead atoms. The van der Waals surface area contributed by atoms with Crippen molar-refractivity contribution in [1.29, 1.82) is 0 Å². The second-order valence-electron chi connectivity index (χ2n) is 5.95. The van der Waals surface area contributed by atoms with Crippen molar-refractivity contribution in [2.75, 3.05) is 46.3 Å². The number of guanidine groups is 1. The molecule has 1 aliphatic heterocycles. The third-order valence-electron chi connectivity index (χ3n) is 4.28. The maximum absolute atomic E-state index is 12.0. The first-order valence-electron chi connectivity index (χ1n) is 8.58. The topological polar surface area (TPSA) is 60.0 Å². The summed E-state index contributed by atoms with van der Waals surface area (Å²) < 4.78 is 0. The lowest BCUT2D eigenvalue weighted by molar-refractivity contribution is -0.128. The molecule has 6 nitrogen and oxygen atoms in total. The van der Waals surface area contributed by atoms with Crippen LogP contribution in [-0.2, 0) is 4.79 Å². The zero-order chi connectivity index (χ0) is 16.4. The summed E-state index contributed by atoms with van der Waals surface area (Å²) in [6.45, 7) is 11.0. The number of likely N-dealkylation sites (tertiary alicyclic amines) is 1. The van der Waals surface area contributed by atoms with Crippen LogP contribution in [0, 0.1) is 0 Å². The predicted octanol–water partition coefficient (Wildman–Crippen LogP) is 1.51. The van der Waals surface area contributed by atoms with Crippen molar-refractivity contribution >= 4 is 35.8 Å². The lowest BCUT2D eigenvalue weighted by atomic mass is 10.2. The van der Waals surface area contributed by atoms with Crippen LogP contribution in [0.4, 0.5) is 0 Å². The van der Waals surface area contributed by atoms with Crippen molar-refractivity contribution in [2.45, 2.75) is 46.1 Å². The molecule has 1 heterocycles. The van der Waals surface area contributed by atoms with Crippen molar-refractivity contribution in [1.82, 2.24) is 20.4 Å². The van der Waals surface area contributed by atoms with Crippen LogP contribution in [-0.4, -0.2) is 74.0 Å². The summed E-state index contributed by atoms with van der Waals surface area (Å²) in [5.41, 5.74) is 0. The Morgan fingerprint density at radius 3 is 2.48 bits per heavy atom. The largest absolute Gasteiger partial charge is 0.357 e. The van der Waals surface area contributed by atoms with Crippen LogP contribution in [0.15, 0.2) is 4.99 Å². The van der Waals surface area contributed by atoms with E-state index in [0.717, 1.165) is 57.9 Å². The molecule has 136 valence electrons. The van der Waals surface area contributed by atoms with Crippen LogP contribution in [0.25, 0.3) is 0 Å². The summed E-state index contributed by atoms with van der Waals surface area (Å²) in [7, 11) is 2.14. The van der Waals surface area contributed by atoms with Crippen molar-refractivity contribution in [3.8, 4) is 0 Å². The van der Waals surface area contributed by atoms with E-state index in [1.807, 2.05) is 11.8 Å². The summed E-state index contributed by atoms with van der Waals surface area (Å²) in [4.78, 5) is 20.7. The van der Waals surface area contributed by atoms with Crippen LogP contribution in [0.5, 0.6) is 0 Å². The van der Waals surface area contributed by atoms with E-state index in [1.54, 1.807) is 0 Å². The third-order valence-corrected chi connectivity index (χ3v) is 4.28. The Balaban J connectivity index is 0.00000484. The Hall–Kier alpha value is -0.570. The first-order valence-corrected chi connectivity index (χ1v) is 8.58. The number of halogens is 1. The van der Waals surface area contributed by atoms with E-state index < -0.39 is 0 Å². The first kappa shape index (κ1) is 22.4. The highest BCUT2D eigenvalue weighted by Gasteiger charge is 2.17. The number of likely N-dealkylation sites (N-methyl/N-ethyl adjacent to an activating group) is 1. The lowest BCUT2D eigenvalue weighted by Crippen LogP contribution is -2.43. The number of rotatable bonds is 8. The van der Waals surface area contributed by atoms with Gasteiger partial charge in [0.25, 0.3) is 0 Å². The standard InChI is InChI=1S/C16H33N5O.HI/c1-5-14(3)20(4)12-9-18-16(17-6-2)19-13-15(22)21-10-7-8-11-21;/h14H,5-13H2,1-4H3,(H2,17,18,19);1H. The molecule has 7 heteroatoms. The molecule has 23 heavy (non-hydrogen) atoms. The molecule has 1 amide bonds. The van der Waals surface area contributed by atoms with Gasteiger partial charge in [0.2, 0.25) is 5.91 Å². The van der Waals surface area contributed by atoms with Gasteiger partial charge in [0.15, 0.2) is 5.96 Å². The van der Waals surface area contributed by atoms with Gasteiger partial charge in [-0.05, 0) is 40.2 Å². The highest BCUT2D eigenvalue weighted by molar-refractivity contribution is 14.0. The third kappa shape index (κ3) is 8.74. The van der Waals surface area contributed by atoms with Crippen LogP contribution in [0.1, 0.15) is 40.0 Å². The van der Waals surface area contributed by atoms with Crippen LogP contribution in [0.3, 0.4) is 0 Å². The SMILES string of the molecule is CCNC(=NCC(=O)N1CCCC1)NCCN(C)C(C)CC.I. The minimum atomic E-state index is 0. The molecule has 1 rings (SSSR count). The van der Waals surface area contributed by atoms with Gasteiger partial charge in [0.05, 0.1) is 0 Å². The Morgan fingerprint density at radius 2 is 1.91 bits per heavy atom. The Morgan fingerprint density at radius 1 is 1.26 bits per heavy atom. The van der Waals surface area contributed by atoms with Gasteiger partial charge in [0, 0.05) is 38.8 Å². The van der Waals surface area contributed by atoms with E-state index >= 15 is 0 Å². The molecule has 1 fully saturated rings. The molecule has 2 N–H and O–H groups in total. The van der Waals surface area contributed by atoms with E-state index in [-0.39, 0.29) is 36.4 Å². The summed E-state index contributed by atoms with van der Waals surface area (Å²) in [5, 5.41) is 6.50. The molecule has 0 aliphatic carbocycles. The molecule has 1 unspecified atom stereocenters. The predicted molar refractivity (Wildman–Crippen MR) is 108 cm³/mol. The van der Waals surface area contributed by atoms with E-state index in [4.69, 9.17) is 0 Å². The van der Waals surface area contributed by atoms with Crippen molar-refractivity contribution < 1.29 is 4.79 Å². The average molecular weight is 439 g/mol. The molecule has 0 aromatic rings. The smallest absolute Gasteiger partial charge is 0.244 e. The maximum atomic E-state index is 12.0. The molecule has 0 aromatic carbocycles. The summed E-state index contributed by atoms with van der Waals surface area (Å²) in [6, 6.07) is 0.582. The summed E-state index contributed by atoms with van der Waals surface area (Å²) in [6.07, 6.45) is 3.39. The Bertz CT molecular complexity index is 358. The van der Waals surface area contributed by atoms with Crippen molar-refractivity contribution in [3.63, 3.8) is 0 Å². The minimum absolute atomic E-state index is 0. The molecular weight excluding hydrogens is 405 g/mol. The summed E-state index contributed by atoms with van der Waals surface area (Å²) >= 11 is 0. The van der Waals surface area contributed by atoms with Gasteiger partial charge in [-0.15, -0.1) is 24.0 Å². The zero-order valence-electron chi connectivity index (χ0n) is 15.1. The number of aliphatic imine (C=N–C) groups is 1. The highest BCUT2D eigenvalue weighted by atomic mass is 127. The second kappa shape index (κ2) is 12.8. The van der Waals surface area contributed by atoms with Crippen LogP contribution < -0.4 is 10.6 Å². The first-order chi connectivity index (χ1) is 10.6. The highest BCUT2D eigenvalue weighted by Crippen LogP contribution is 2.07. The molecular formula is C16H34IN5O. The Kier molecular flexibility index (Phi) is 12.5. The number of carbonyl (C=O) groups excluding carboxylic acids is 1. The van der Waals surface area contributed by atoms with Gasteiger partial charge >= 0.3 is 0 Å². The van der Waals surface area contributed by atoms with Crippen molar-refractivity contribution in [3.05, 3.63) is 0 Å². The van der Waals surface area contributed by atoms with E-state index in [2.05, 4.69) is 41.4 Å². The fraction of sp³-hybridized carbons (Fsp3) is 0.875. The molecule has 1 saturated heterocycles. The second-order valence-corrected chi connectivity index (χ2v) is 5.95. The quantitative estimate of drug-likeness (QED) is 0.342. The van der Waals surface area contributed by atoms with Gasteiger partial charge in [-0.1, -0.05) is 6.92 Å². The van der Waals surface area contributed by atoms with Crippen LogP contribution in [0.2, 0.25) is 0 Å². The number of hydrogen-bond acceptors (Lipinski definition) is 3. The van der Waals surface area contributed by atoms with Gasteiger partial charge in [0.1, 0.15) is 6.54 Å². The van der Waals surface area contributed by atoms with Gasteiger partial charge < -0.3 is 20.4 Å². The maximum Gasteiger partial charge on any atom is 0.244 e. The van der Waals surface area contributed by atoms with Gasteiger partial charge in [-0.25, -0.2) is 4.99 Å². The minimum Gasteiger partial charge on any atom is -0.357 e. The fourth-order valence-electron chi connectivity index (χ4n) is 2.44. The number of amides is 1. The van der Waals surface area contributed by atoms with Gasteiger partial charge in [-0.2, -0.15) is 0 Å². The van der Waals surface area contributed by atoms with Crippen LogP contribution >= 0.6 is 24.0 Å². The molecule has 0 saturated carbocycles. The summed E-state index contributed by atoms with van der Waals surface area (Å²) in [5.74, 6) is 0.860. The van der Waals surface area contributed by atoms with Crippen molar-refractivity contribution in [2.24, 2.45) is 4.99 Å². The zero-order valence-corrected chi connectivity index (χ0v) is 17.4. The molecule has 1 aliphatic rings. The van der Waals surface area contributed by atoms with E-state index in [9.17, 15) is 4.79 Å². The number of nitrogens with one attached hydrogen (secondary N) is 2. The average Bonchev–Trinajstić information content (AvgIpc) is 3.05. The molecule has 1 atom stereocenters. The number of carbonyl (C=O) groups is 1. The van der Waals surface area contributed by atoms with E-state index in [1.165, 1.54) is 0 Å². The van der Waals surface area contributed by atoms with E-state index in [0.29, 0.717) is 6.04 Å². The molecule has 0 aromatic heterocycles. The normalized spacial score (nSPS) is 16.2. The fourth-order valence-corrected chi connectivity index (χ4v) is 2.44.